The number of fused-ring (bicyclic) bond motifs is 1. The molecule has 2 fully saturated rings. The van der Waals surface area contributed by atoms with Crippen LogP contribution >= 0.6 is 0 Å². The van der Waals surface area contributed by atoms with E-state index < -0.39 is 34.3 Å². The molecule has 4 amide bonds. The molecule has 2 aliphatic rings. The van der Waals surface area contributed by atoms with Gasteiger partial charge in [-0.05, 0) is 44.8 Å². The number of nitrogens with zero attached hydrogens (tertiary/aromatic N) is 3. The summed E-state index contributed by atoms with van der Waals surface area (Å²) in [6.45, 7) is 1.41. The number of hydrogen-bond acceptors (Lipinski definition) is 6. The second-order valence-electron chi connectivity index (χ2n) is 7.17. The first-order valence-electron chi connectivity index (χ1n) is 9.01. The van der Waals surface area contributed by atoms with Crippen molar-refractivity contribution in [1.29, 1.82) is 0 Å². The van der Waals surface area contributed by atoms with Gasteiger partial charge < -0.3 is 21.9 Å². The summed E-state index contributed by atoms with van der Waals surface area (Å²) in [5, 5.41) is 5.42. The second kappa shape index (κ2) is 9.62. The Morgan fingerprint density at radius 2 is 1.90 bits per heavy atom. The summed E-state index contributed by atoms with van der Waals surface area (Å²) in [5.74, 6) is -1.05. The molecule has 3 N–H and O–H groups in total. The Morgan fingerprint density at radius 3 is 2.47 bits per heavy atom. The van der Waals surface area contributed by atoms with Crippen LogP contribution in [0.4, 0.5) is 10.5 Å². The van der Waals surface area contributed by atoms with Gasteiger partial charge in [0.15, 0.2) is 0 Å². The Balaban J connectivity index is 0.00000240. The van der Waals surface area contributed by atoms with Gasteiger partial charge in [-0.2, -0.15) is 8.42 Å². The van der Waals surface area contributed by atoms with E-state index in [2.05, 4.69) is 10.6 Å². The first kappa shape index (κ1) is 24.6. The molecule has 0 aromatic heterocycles. The van der Waals surface area contributed by atoms with Crippen LogP contribution in [0.25, 0.3) is 0 Å². The van der Waals surface area contributed by atoms with Gasteiger partial charge in [-0.1, -0.05) is 0 Å². The van der Waals surface area contributed by atoms with E-state index >= 15 is 0 Å². The number of carbonyl (C=O) groups excluding carboxylic acids is 3. The van der Waals surface area contributed by atoms with Gasteiger partial charge in [0.2, 0.25) is 0 Å². The van der Waals surface area contributed by atoms with E-state index in [0.717, 1.165) is 0 Å². The van der Waals surface area contributed by atoms with Crippen molar-refractivity contribution in [3.63, 3.8) is 0 Å². The van der Waals surface area contributed by atoms with E-state index in [1.165, 1.54) is 4.90 Å². The van der Waals surface area contributed by atoms with Crippen LogP contribution in [0.5, 0.6) is 0 Å². The van der Waals surface area contributed by atoms with Crippen LogP contribution in [0, 0.1) is 0 Å². The van der Waals surface area contributed by atoms with Gasteiger partial charge >= 0.3 is 45.9 Å². The summed E-state index contributed by atoms with van der Waals surface area (Å²) in [6, 6.07) is 4.09. The van der Waals surface area contributed by atoms with Gasteiger partial charge in [0.05, 0.1) is 6.04 Å². The molecule has 160 valence electrons. The van der Waals surface area contributed by atoms with Gasteiger partial charge in [-0.25, -0.2) is 9.10 Å². The number of urea groups is 1. The monoisotopic (exact) mass is 449 g/mol. The molecule has 13 heteroatoms. The largest absolute Gasteiger partial charge is 1.00 e. The Bertz CT molecular complexity index is 929. The van der Waals surface area contributed by atoms with Crippen LogP contribution < -0.4 is 40.2 Å². The number of amides is 4. The Labute approximate surface area is 198 Å². The molecule has 2 heterocycles. The van der Waals surface area contributed by atoms with Crippen LogP contribution in [0.3, 0.4) is 0 Å². The Morgan fingerprint density at radius 1 is 1.27 bits per heavy atom. The number of likely N-dealkylation sites (N-methyl/N-ethyl adjacent to an activating group) is 1. The summed E-state index contributed by atoms with van der Waals surface area (Å²) in [6.07, 6.45) is 0.260. The fourth-order valence-electron chi connectivity index (χ4n) is 3.44. The molecule has 3 rings (SSSR count). The summed E-state index contributed by atoms with van der Waals surface area (Å²) in [4.78, 5) is 39.8. The van der Waals surface area contributed by atoms with Crippen molar-refractivity contribution in [2.75, 3.05) is 39.0 Å². The molecule has 0 saturated carbocycles. The van der Waals surface area contributed by atoms with E-state index in [9.17, 15) is 22.8 Å². The molecule has 0 aliphatic carbocycles. The zero-order chi connectivity index (χ0) is 21.3. The number of rotatable bonds is 6. The van der Waals surface area contributed by atoms with Crippen LogP contribution in [0.1, 0.15) is 18.2 Å². The SMILES string of the molecule is CN(C)CCNC(=O)c1ccc(NC(=O)N2CC[C@@H]3[C@H]2C(=O)N3S(=O)(=O)O)cc1.[H-].[Na+]. The summed E-state index contributed by atoms with van der Waals surface area (Å²) in [5.41, 5.74) is 0.877. The summed E-state index contributed by atoms with van der Waals surface area (Å²) >= 11 is 0. The molecule has 0 unspecified atom stereocenters. The van der Waals surface area contributed by atoms with Gasteiger partial charge in [0.1, 0.15) is 6.04 Å². The quantitative estimate of drug-likeness (QED) is 0.235. The molecule has 2 atom stereocenters. The molecule has 2 saturated heterocycles. The average molecular weight is 449 g/mol. The standard InChI is InChI=1S/C17H23N5O6S.Na.H/c1-20(2)10-8-18-15(23)11-3-5-12(6-4-11)19-17(25)21-9-7-13-14(21)16(24)22(13)29(26,27)28;;/h3-6,13-14H,7-10H2,1-2H3,(H,18,23)(H,19,25)(H,26,27,28);;/q;+1;-1/t13-,14+;;/m1../s1. The molecule has 0 radical (unpaired) electrons. The Kier molecular flexibility index (Phi) is 7.88. The van der Waals surface area contributed by atoms with Crippen LogP contribution in [0.15, 0.2) is 24.3 Å². The molecular weight excluding hydrogens is 425 g/mol. The maximum Gasteiger partial charge on any atom is 1.00 e. The van der Waals surface area contributed by atoms with E-state index in [1.807, 2.05) is 19.0 Å². The minimum absolute atomic E-state index is 0. The van der Waals surface area contributed by atoms with Crippen molar-refractivity contribution in [3.8, 4) is 0 Å². The second-order valence-corrected chi connectivity index (χ2v) is 8.46. The molecule has 2 aliphatic heterocycles. The number of carbonyl (C=O) groups is 3. The number of likely N-dealkylation sites (tertiary alicyclic amines) is 1. The Hall–Kier alpha value is -1.70. The van der Waals surface area contributed by atoms with Crippen molar-refractivity contribution in [2.45, 2.75) is 18.5 Å². The minimum Gasteiger partial charge on any atom is -1.00 e. The maximum absolute atomic E-state index is 12.5. The predicted molar refractivity (Wildman–Crippen MR) is 105 cm³/mol. The van der Waals surface area contributed by atoms with Crippen molar-refractivity contribution in [2.24, 2.45) is 0 Å². The van der Waals surface area contributed by atoms with E-state index in [-0.39, 0.29) is 49.9 Å². The fraction of sp³-hybridized carbons (Fsp3) is 0.471. The molecule has 11 nitrogen and oxygen atoms in total. The van der Waals surface area contributed by atoms with Gasteiger partial charge in [0.25, 0.3) is 11.8 Å². The molecule has 0 bridgehead atoms. The maximum atomic E-state index is 12.5. The smallest absolute Gasteiger partial charge is 1.00 e. The molecule has 1 aromatic rings. The zero-order valence-electron chi connectivity index (χ0n) is 18.0. The van der Waals surface area contributed by atoms with Crippen molar-refractivity contribution in [1.82, 2.24) is 19.4 Å². The number of benzene rings is 1. The molecular formula is C17H24N5NaO6S. The average Bonchev–Trinajstić information content (AvgIpc) is 2.99. The van der Waals surface area contributed by atoms with Gasteiger partial charge in [-0.3, -0.25) is 14.1 Å². The van der Waals surface area contributed by atoms with Crippen LogP contribution in [-0.2, 0) is 15.1 Å². The first-order valence-corrected chi connectivity index (χ1v) is 10.4. The topological polar surface area (TPSA) is 139 Å². The third kappa shape index (κ3) is 5.13. The normalized spacial score (nSPS) is 20.3. The summed E-state index contributed by atoms with van der Waals surface area (Å²) < 4.78 is 32.0. The summed E-state index contributed by atoms with van der Waals surface area (Å²) in [7, 11) is -0.804. The van der Waals surface area contributed by atoms with E-state index in [1.54, 1.807) is 24.3 Å². The third-order valence-corrected chi connectivity index (χ3v) is 5.84. The van der Waals surface area contributed by atoms with Crippen molar-refractivity contribution < 1.29 is 58.3 Å². The van der Waals surface area contributed by atoms with E-state index in [4.69, 9.17) is 4.55 Å². The predicted octanol–water partition coefficient (Wildman–Crippen LogP) is -3.29. The number of nitrogens with one attached hydrogen (secondary N) is 2. The van der Waals surface area contributed by atoms with Gasteiger partial charge in [-0.15, -0.1) is 0 Å². The molecule has 30 heavy (non-hydrogen) atoms. The number of anilines is 1. The van der Waals surface area contributed by atoms with Gasteiger partial charge in [0, 0.05) is 30.9 Å². The van der Waals surface area contributed by atoms with Crippen molar-refractivity contribution in [3.05, 3.63) is 29.8 Å². The van der Waals surface area contributed by atoms with Crippen molar-refractivity contribution >= 4 is 33.8 Å². The third-order valence-electron chi connectivity index (χ3n) is 4.89. The zero-order valence-corrected chi connectivity index (χ0v) is 19.8. The first-order chi connectivity index (χ1) is 13.6. The minimum atomic E-state index is -4.62. The molecule has 0 spiro atoms. The fourth-order valence-corrected chi connectivity index (χ4v) is 4.34. The van der Waals surface area contributed by atoms with Crippen LogP contribution in [0.2, 0.25) is 0 Å². The van der Waals surface area contributed by atoms with E-state index in [0.29, 0.717) is 28.6 Å². The number of β-lactam (4-membered cyclic amide) rings is 1. The molecule has 1 aromatic carbocycles. The van der Waals surface area contributed by atoms with Crippen LogP contribution in [-0.4, -0.2) is 90.7 Å². The number of hydrogen-bond donors (Lipinski definition) is 3.